The van der Waals surface area contributed by atoms with Gasteiger partial charge in [0, 0.05) is 12.5 Å². The maximum Gasteiger partial charge on any atom is 0.342 e. The van der Waals surface area contributed by atoms with E-state index < -0.39 is 17.5 Å². The van der Waals surface area contributed by atoms with Gasteiger partial charge >= 0.3 is 11.9 Å². The first kappa shape index (κ1) is 23.6. The average Bonchev–Trinajstić information content (AvgIpc) is 2.57. The summed E-state index contributed by atoms with van der Waals surface area (Å²) in [7, 11) is 0. The number of phenols is 4. The number of hydrogen-bond acceptors (Lipinski definition) is 8. The van der Waals surface area contributed by atoms with Crippen LogP contribution in [0.5, 0.6) is 23.0 Å². The number of aromatic hydroxyl groups is 4. The Balaban J connectivity index is 0.000000291. The zero-order valence-corrected chi connectivity index (χ0v) is 16.3. The number of ether oxygens (including phenoxy) is 1. The summed E-state index contributed by atoms with van der Waals surface area (Å²) in [5.74, 6) is -2.56. The van der Waals surface area contributed by atoms with Crippen LogP contribution in [0.25, 0.3) is 0 Å². The number of hydrogen-bond donors (Lipinski definition) is 6. The number of benzene rings is 2. The first-order valence-corrected chi connectivity index (χ1v) is 8.61. The van der Waals surface area contributed by atoms with Crippen LogP contribution in [0.15, 0.2) is 30.3 Å². The van der Waals surface area contributed by atoms with E-state index in [9.17, 15) is 19.8 Å². The standard InChI is InChI=1S/C10H13NO4.C10H12O4/c1-10(11,9(14)15)5-6-2-3-7(12)8(13)4-6;1-3-14-10(13)9-6(2)4-7(11)5-8(9)12/h2-4,12-13H,5,11H2,1H3,(H,14,15);4-5,11-12H,3H2,1-2H3. The Bertz CT molecular complexity index is 869. The van der Waals surface area contributed by atoms with Gasteiger partial charge in [-0.25, -0.2) is 4.79 Å². The summed E-state index contributed by atoms with van der Waals surface area (Å²) in [4.78, 5) is 22.1. The predicted molar refractivity (Wildman–Crippen MR) is 104 cm³/mol. The third-order valence-electron chi connectivity index (χ3n) is 3.88. The first-order valence-electron chi connectivity index (χ1n) is 8.61. The minimum atomic E-state index is -1.39. The Kier molecular flexibility index (Phi) is 7.85. The van der Waals surface area contributed by atoms with E-state index in [-0.39, 0.29) is 41.6 Å². The first-order chi connectivity index (χ1) is 13.4. The number of rotatable bonds is 5. The second-order valence-corrected chi connectivity index (χ2v) is 6.60. The van der Waals surface area contributed by atoms with Gasteiger partial charge in [-0.1, -0.05) is 6.07 Å². The highest BCUT2D eigenvalue weighted by molar-refractivity contribution is 5.94. The van der Waals surface area contributed by atoms with Crippen molar-refractivity contribution in [2.75, 3.05) is 6.61 Å². The minimum absolute atomic E-state index is 0.0759. The molecule has 0 saturated carbocycles. The van der Waals surface area contributed by atoms with Crippen LogP contribution in [0.3, 0.4) is 0 Å². The molecule has 1 atom stereocenters. The monoisotopic (exact) mass is 407 g/mol. The summed E-state index contributed by atoms with van der Waals surface area (Å²) in [5, 5.41) is 45.6. The van der Waals surface area contributed by atoms with E-state index in [4.69, 9.17) is 25.8 Å². The van der Waals surface area contributed by atoms with Crippen molar-refractivity contribution in [3.05, 3.63) is 47.0 Å². The molecule has 29 heavy (non-hydrogen) atoms. The van der Waals surface area contributed by atoms with Gasteiger partial charge in [0.05, 0.1) is 6.61 Å². The van der Waals surface area contributed by atoms with Crippen molar-refractivity contribution in [1.29, 1.82) is 0 Å². The molecule has 2 aromatic carbocycles. The molecule has 0 saturated heterocycles. The number of carbonyl (C=O) groups excluding carboxylic acids is 1. The van der Waals surface area contributed by atoms with E-state index in [2.05, 4.69) is 0 Å². The summed E-state index contributed by atoms with van der Waals surface area (Å²) in [6.45, 7) is 4.94. The number of carbonyl (C=O) groups is 2. The Hall–Kier alpha value is -3.46. The molecule has 0 heterocycles. The molecule has 0 amide bonds. The lowest BCUT2D eigenvalue weighted by Gasteiger charge is -2.19. The molecule has 0 radical (unpaired) electrons. The summed E-state index contributed by atoms with van der Waals surface area (Å²) >= 11 is 0. The molecular formula is C20H25NO8. The van der Waals surface area contributed by atoms with Gasteiger partial charge in [-0.05, 0) is 50.1 Å². The van der Waals surface area contributed by atoms with Crippen molar-refractivity contribution in [2.24, 2.45) is 5.73 Å². The molecule has 0 aliphatic heterocycles. The molecule has 2 rings (SSSR count). The summed E-state index contributed by atoms with van der Waals surface area (Å²) in [5.41, 5.74) is 5.29. The van der Waals surface area contributed by atoms with Crippen LogP contribution in [0.1, 0.15) is 35.3 Å². The molecule has 0 fully saturated rings. The lowest BCUT2D eigenvalue weighted by Crippen LogP contribution is -2.46. The molecule has 0 aliphatic carbocycles. The highest BCUT2D eigenvalue weighted by Gasteiger charge is 2.28. The summed E-state index contributed by atoms with van der Waals surface area (Å²) in [6, 6.07) is 6.61. The molecule has 2 aromatic rings. The fourth-order valence-electron chi connectivity index (χ4n) is 2.40. The second kappa shape index (κ2) is 9.65. The molecule has 158 valence electrons. The number of carboxylic acids is 1. The van der Waals surface area contributed by atoms with Crippen molar-refractivity contribution in [3.8, 4) is 23.0 Å². The molecular weight excluding hydrogens is 382 g/mol. The van der Waals surface area contributed by atoms with E-state index in [1.165, 1.54) is 31.2 Å². The number of phenolic OH excluding ortho intramolecular Hbond substituents is 4. The van der Waals surface area contributed by atoms with Crippen LogP contribution < -0.4 is 5.73 Å². The highest BCUT2D eigenvalue weighted by Crippen LogP contribution is 2.27. The Morgan fingerprint density at radius 3 is 2.14 bits per heavy atom. The van der Waals surface area contributed by atoms with E-state index in [0.29, 0.717) is 11.1 Å². The van der Waals surface area contributed by atoms with Gasteiger partial charge < -0.3 is 36.0 Å². The minimum Gasteiger partial charge on any atom is -0.508 e. The van der Waals surface area contributed by atoms with Gasteiger partial charge in [-0.2, -0.15) is 0 Å². The van der Waals surface area contributed by atoms with Crippen molar-refractivity contribution in [2.45, 2.75) is 32.7 Å². The van der Waals surface area contributed by atoms with Gasteiger partial charge in [0.15, 0.2) is 11.5 Å². The number of aliphatic carboxylic acids is 1. The molecule has 7 N–H and O–H groups in total. The van der Waals surface area contributed by atoms with E-state index in [1.807, 2.05) is 0 Å². The highest BCUT2D eigenvalue weighted by atomic mass is 16.5. The fourth-order valence-corrected chi connectivity index (χ4v) is 2.40. The third kappa shape index (κ3) is 6.58. The molecule has 9 heteroatoms. The second-order valence-electron chi connectivity index (χ2n) is 6.60. The SMILES string of the molecule is CC(N)(Cc1ccc(O)c(O)c1)C(=O)O.CCOC(=O)c1c(C)cc(O)cc1O. The zero-order chi connectivity index (χ0) is 22.4. The van der Waals surface area contributed by atoms with Crippen LogP contribution in [-0.4, -0.2) is 49.6 Å². The van der Waals surface area contributed by atoms with Crippen molar-refractivity contribution < 1.29 is 39.9 Å². The number of carboxylic acid groups (broad SMARTS) is 1. The average molecular weight is 407 g/mol. The third-order valence-corrected chi connectivity index (χ3v) is 3.88. The Morgan fingerprint density at radius 2 is 1.66 bits per heavy atom. The normalized spacial score (nSPS) is 12.3. The zero-order valence-electron chi connectivity index (χ0n) is 16.3. The number of nitrogens with two attached hydrogens (primary N) is 1. The van der Waals surface area contributed by atoms with Gasteiger partial charge in [0.2, 0.25) is 0 Å². The molecule has 0 spiro atoms. The maximum atomic E-state index is 11.3. The van der Waals surface area contributed by atoms with Crippen LogP contribution >= 0.6 is 0 Å². The smallest absolute Gasteiger partial charge is 0.342 e. The van der Waals surface area contributed by atoms with Crippen LogP contribution in [0, 0.1) is 6.92 Å². The molecule has 1 unspecified atom stereocenters. The van der Waals surface area contributed by atoms with Crippen LogP contribution in [0.2, 0.25) is 0 Å². The lowest BCUT2D eigenvalue weighted by molar-refractivity contribution is -0.142. The lowest BCUT2D eigenvalue weighted by atomic mass is 9.94. The van der Waals surface area contributed by atoms with Crippen molar-refractivity contribution >= 4 is 11.9 Å². The fraction of sp³-hybridized carbons (Fsp3) is 0.300. The van der Waals surface area contributed by atoms with E-state index >= 15 is 0 Å². The molecule has 0 bridgehead atoms. The molecule has 0 aliphatic rings. The van der Waals surface area contributed by atoms with Crippen molar-refractivity contribution in [3.63, 3.8) is 0 Å². The predicted octanol–water partition coefficient (Wildman–Crippen LogP) is 2.03. The topological polar surface area (TPSA) is 171 Å². The van der Waals surface area contributed by atoms with E-state index in [1.54, 1.807) is 13.8 Å². The maximum absolute atomic E-state index is 11.3. The summed E-state index contributed by atoms with van der Waals surface area (Å²) < 4.78 is 4.75. The van der Waals surface area contributed by atoms with Crippen LogP contribution in [0.4, 0.5) is 0 Å². The Morgan fingerprint density at radius 1 is 1.03 bits per heavy atom. The van der Waals surface area contributed by atoms with Gasteiger partial charge in [0.25, 0.3) is 0 Å². The summed E-state index contributed by atoms with van der Waals surface area (Å²) in [6.07, 6.45) is 0.0795. The quantitative estimate of drug-likeness (QED) is 0.320. The van der Waals surface area contributed by atoms with Crippen LogP contribution in [-0.2, 0) is 16.0 Å². The Labute approximate surface area is 167 Å². The number of aryl methyl sites for hydroxylation is 1. The number of esters is 1. The van der Waals surface area contributed by atoms with Crippen molar-refractivity contribution in [1.82, 2.24) is 0 Å². The molecule has 0 aromatic heterocycles. The van der Waals surface area contributed by atoms with Gasteiger partial charge in [0.1, 0.15) is 22.6 Å². The molecule has 9 nitrogen and oxygen atoms in total. The largest absolute Gasteiger partial charge is 0.508 e. The van der Waals surface area contributed by atoms with Gasteiger partial charge in [-0.15, -0.1) is 0 Å². The van der Waals surface area contributed by atoms with E-state index in [0.717, 1.165) is 6.07 Å². The van der Waals surface area contributed by atoms with Gasteiger partial charge in [-0.3, -0.25) is 4.79 Å².